The van der Waals surface area contributed by atoms with Crippen LogP contribution in [-0.2, 0) is 0 Å². The Balaban J connectivity index is 0.744. The third-order valence-corrected chi connectivity index (χ3v) is 20.9. The minimum atomic E-state index is 1.09. The predicted octanol–water partition coefficient (Wildman–Crippen LogP) is 26.3. The van der Waals surface area contributed by atoms with Crippen LogP contribution < -0.4 is 9.80 Å². The molecule has 0 N–H and O–H groups in total. The quantitative estimate of drug-likeness (QED) is 0.113. The molecule has 18 rings (SSSR count). The summed E-state index contributed by atoms with van der Waals surface area (Å²) in [6, 6.07) is 126. The van der Waals surface area contributed by atoms with Crippen LogP contribution in [0.3, 0.4) is 0 Å². The molecule has 0 spiro atoms. The van der Waals surface area contributed by atoms with Crippen LogP contribution in [0.2, 0.25) is 0 Å². The summed E-state index contributed by atoms with van der Waals surface area (Å²) in [5.74, 6) is 0. The molecule has 0 saturated heterocycles. The van der Waals surface area contributed by atoms with Crippen molar-refractivity contribution in [3.8, 4) is 66.8 Å². The molecule has 0 aliphatic rings. The SMILES string of the molecule is c1ccc(-c2ccc(N(c3ccc(-c4ccc5ccc6c(-c7ccc(N(c8ccc9sc%10ccccc%10c9c8)c8ccc(-c9ccccc9)cc8-c8ccccc8)cc7)ccc7ccc4c5c76)cc3)c3ccc4sc5ccccc5c4c3)c(-c3ccccc3)c2)cc1. The van der Waals surface area contributed by atoms with Gasteiger partial charge < -0.3 is 9.80 Å². The average molecular weight is 1210 g/mol. The first-order valence-electron chi connectivity index (χ1n) is 31.4. The first-order chi connectivity index (χ1) is 45.6. The molecule has 0 aliphatic heterocycles. The first-order valence-corrected chi connectivity index (χ1v) is 33.1. The molecule has 2 aromatic heterocycles. The van der Waals surface area contributed by atoms with Crippen molar-refractivity contribution < 1.29 is 0 Å². The highest BCUT2D eigenvalue weighted by molar-refractivity contribution is 7.26. The molecule has 0 atom stereocenters. The lowest BCUT2D eigenvalue weighted by Crippen LogP contribution is -2.11. The van der Waals surface area contributed by atoms with E-state index in [1.54, 1.807) is 0 Å². The zero-order chi connectivity index (χ0) is 60.6. The van der Waals surface area contributed by atoms with E-state index >= 15 is 0 Å². The second kappa shape index (κ2) is 22.3. The van der Waals surface area contributed by atoms with E-state index in [-0.39, 0.29) is 0 Å². The van der Waals surface area contributed by atoms with Gasteiger partial charge in [-0.15, -0.1) is 22.7 Å². The molecule has 0 unspecified atom stereocenters. The molecule has 430 valence electrons. The summed E-state index contributed by atoms with van der Waals surface area (Å²) in [6.45, 7) is 0. The number of benzene rings is 16. The third kappa shape index (κ3) is 9.22. The molecule has 0 radical (unpaired) electrons. The van der Waals surface area contributed by atoms with E-state index in [4.69, 9.17) is 0 Å². The Hall–Kier alpha value is -11.4. The lowest BCUT2D eigenvalue weighted by molar-refractivity contribution is 1.29. The number of hydrogen-bond acceptors (Lipinski definition) is 4. The lowest BCUT2D eigenvalue weighted by Gasteiger charge is -2.29. The summed E-state index contributed by atoms with van der Waals surface area (Å²) in [5.41, 5.74) is 20.8. The third-order valence-electron chi connectivity index (χ3n) is 18.6. The van der Waals surface area contributed by atoms with Gasteiger partial charge in [-0.25, -0.2) is 0 Å². The Bertz CT molecular complexity index is 5440. The Morgan fingerprint density at radius 3 is 0.924 bits per heavy atom. The summed E-state index contributed by atoms with van der Waals surface area (Å²) in [6.07, 6.45) is 0. The second-order valence-electron chi connectivity index (χ2n) is 23.9. The second-order valence-corrected chi connectivity index (χ2v) is 26.1. The minimum absolute atomic E-state index is 1.09. The van der Waals surface area contributed by atoms with Crippen LogP contribution in [0.1, 0.15) is 0 Å². The molecule has 16 aromatic carbocycles. The zero-order valence-corrected chi connectivity index (χ0v) is 51.7. The van der Waals surface area contributed by atoms with Crippen molar-refractivity contribution in [1.29, 1.82) is 0 Å². The van der Waals surface area contributed by atoms with E-state index in [9.17, 15) is 0 Å². The van der Waals surface area contributed by atoms with Gasteiger partial charge in [-0.2, -0.15) is 0 Å². The largest absolute Gasteiger partial charge is 0.310 e. The van der Waals surface area contributed by atoms with Crippen molar-refractivity contribution in [1.82, 2.24) is 0 Å². The summed E-state index contributed by atoms with van der Waals surface area (Å²) < 4.78 is 5.16. The van der Waals surface area contributed by atoms with Gasteiger partial charge in [0.25, 0.3) is 0 Å². The van der Waals surface area contributed by atoms with Gasteiger partial charge in [0, 0.05) is 74.2 Å². The first kappa shape index (κ1) is 53.6. The van der Waals surface area contributed by atoms with Crippen molar-refractivity contribution in [3.05, 3.63) is 340 Å². The van der Waals surface area contributed by atoms with Crippen molar-refractivity contribution in [3.63, 3.8) is 0 Å². The van der Waals surface area contributed by atoms with E-state index in [2.05, 4.69) is 350 Å². The molecule has 0 fully saturated rings. The van der Waals surface area contributed by atoms with Crippen LogP contribution in [0.15, 0.2) is 340 Å². The average Bonchev–Trinajstić information content (AvgIpc) is 1.40. The highest BCUT2D eigenvalue weighted by Gasteiger charge is 2.24. The molecule has 4 heteroatoms. The predicted molar refractivity (Wildman–Crippen MR) is 398 cm³/mol. The van der Waals surface area contributed by atoms with Gasteiger partial charge >= 0.3 is 0 Å². The monoisotopic (exact) mass is 1200 g/mol. The summed E-state index contributed by atoms with van der Waals surface area (Å²) in [4.78, 5) is 4.91. The smallest absolute Gasteiger partial charge is 0.0540 e. The van der Waals surface area contributed by atoms with Gasteiger partial charge in [0.05, 0.1) is 11.4 Å². The van der Waals surface area contributed by atoms with Crippen LogP contribution in [0.4, 0.5) is 34.1 Å². The van der Waals surface area contributed by atoms with Gasteiger partial charge in [0.1, 0.15) is 0 Å². The van der Waals surface area contributed by atoms with E-state index in [1.807, 2.05) is 22.7 Å². The maximum atomic E-state index is 2.46. The maximum absolute atomic E-state index is 2.46. The normalized spacial score (nSPS) is 11.7. The highest BCUT2D eigenvalue weighted by atomic mass is 32.1. The molecule has 0 aliphatic carbocycles. The fourth-order valence-corrected chi connectivity index (χ4v) is 16.4. The van der Waals surface area contributed by atoms with Crippen molar-refractivity contribution in [2.75, 3.05) is 9.80 Å². The van der Waals surface area contributed by atoms with E-state index in [0.29, 0.717) is 0 Å². The van der Waals surface area contributed by atoms with Crippen LogP contribution in [-0.4, -0.2) is 0 Å². The fraction of sp³-hybridized carbons (Fsp3) is 0. The number of anilines is 6. The van der Waals surface area contributed by atoms with Gasteiger partial charge in [0.2, 0.25) is 0 Å². The molecule has 0 bridgehead atoms. The van der Waals surface area contributed by atoms with Crippen molar-refractivity contribution >= 4 is 129 Å². The summed E-state index contributed by atoms with van der Waals surface area (Å²) >= 11 is 3.71. The van der Waals surface area contributed by atoms with Crippen LogP contribution in [0, 0.1) is 0 Å². The molecule has 92 heavy (non-hydrogen) atoms. The van der Waals surface area contributed by atoms with Gasteiger partial charge in [-0.05, 0) is 185 Å². The number of thiophene rings is 2. The minimum Gasteiger partial charge on any atom is -0.310 e. The number of rotatable bonds is 12. The Morgan fingerprint density at radius 2 is 0.511 bits per heavy atom. The molecule has 2 heterocycles. The molecular formula is C88H56N2S2. The number of nitrogens with zero attached hydrogens (tertiary/aromatic N) is 2. The molecule has 0 saturated carbocycles. The van der Waals surface area contributed by atoms with Crippen LogP contribution >= 0.6 is 22.7 Å². The summed E-state index contributed by atoms with van der Waals surface area (Å²) in [7, 11) is 0. The number of fused-ring (bicyclic) bond motifs is 6. The number of hydrogen-bond donors (Lipinski definition) is 0. The standard InChI is InChI=1S/C88H56N2S2/c1-5-17-57(18-6-1)65-37-49-81(77(53-65)59-21-9-3-10-22-59)89(69-43-51-85-79(55-69)73-25-13-15-27-83(73)91-85)67-39-29-61(30-40-67)71-45-33-63-36-48-76-72(46-34-64-35-47-75(71)87(63)88(64)76)62-31-41-68(42-32-62)90(70-44-52-86-80(56-70)74-26-14-16-28-84(74)92-86)82-50-38-66(58-19-7-2-8-20-58)54-78(82)60-23-11-4-12-24-60/h1-56H. The molecule has 0 amide bonds. The van der Waals surface area contributed by atoms with Gasteiger partial charge in [-0.1, -0.05) is 243 Å². The van der Waals surface area contributed by atoms with Gasteiger partial charge in [-0.3, -0.25) is 0 Å². The Labute approximate surface area is 542 Å². The van der Waals surface area contributed by atoms with Crippen molar-refractivity contribution in [2.24, 2.45) is 0 Å². The zero-order valence-electron chi connectivity index (χ0n) is 50.0. The fourth-order valence-electron chi connectivity index (χ4n) is 14.2. The van der Waals surface area contributed by atoms with Crippen LogP contribution in [0.25, 0.3) is 139 Å². The van der Waals surface area contributed by atoms with E-state index < -0.39 is 0 Å². The van der Waals surface area contributed by atoms with Gasteiger partial charge in [0.15, 0.2) is 0 Å². The van der Waals surface area contributed by atoms with Crippen LogP contribution in [0.5, 0.6) is 0 Å². The molecule has 18 aromatic rings. The molecular weight excluding hydrogens is 1150 g/mol. The lowest BCUT2D eigenvalue weighted by atomic mass is 9.87. The Morgan fingerprint density at radius 1 is 0.185 bits per heavy atom. The topological polar surface area (TPSA) is 6.48 Å². The molecule has 2 nitrogen and oxygen atoms in total. The maximum Gasteiger partial charge on any atom is 0.0540 e. The van der Waals surface area contributed by atoms with Crippen molar-refractivity contribution in [2.45, 2.75) is 0 Å². The highest BCUT2D eigenvalue weighted by Crippen LogP contribution is 2.50. The van der Waals surface area contributed by atoms with E-state index in [1.165, 1.54) is 139 Å². The Kier molecular flexibility index (Phi) is 13.0. The summed E-state index contributed by atoms with van der Waals surface area (Å²) in [5, 5.41) is 12.6. The van der Waals surface area contributed by atoms with E-state index in [0.717, 1.165) is 34.1 Å².